The van der Waals surface area contributed by atoms with Crippen LogP contribution in [0.25, 0.3) is 0 Å². The van der Waals surface area contributed by atoms with Crippen molar-refractivity contribution in [1.82, 2.24) is 24.1 Å². The standard InChI is InChI=1S/C24H32ClN7O5S2/c1-13(2)37-21-8-17(16-10-32(11-16)38(33)34)15(5)7-19(21)28-24-26-9-18(25)22(29-24)27-20-12-31(6)30-23(20)39(35,36)14(3)4/h7-9,12-14,16H,10-11H2,1-6H3,(H,33,34)(H2,26,27,28,29). The van der Waals surface area contributed by atoms with E-state index in [0.717, 1.165) is 11.1 Å². The Labute approximate surface area is 235 Å². The van der Waals surface area contributed by atoms with Crippen LogP contribution in [-0.2, 0) is 28.2 Å². The van der Waals surface area contributed by atoms with E-state index in [9.17, 15) is 17.2 Å². The van der Waals surface area contributed by atoms with E-state index in [2.05, 4.69) is 25.7 Å². The molecule has 1 atom stereocenters. The van der Waals surface area contributed by atoms with Crippen molar-refractivity contribution in [2.24, 2.45) is 7.05 Å². The molecule has 1 aromatic carbocycles. The fourth-order valence-electron chi connectivity index (χ4n) is 4.11. The number of hydrogen-bond donors (Lipinski definition) is 3. The molecule has 212 valence electrons. The smallest absolute Gasteiger partial charge is 0.234 e. The summed E-state index contributed by atoms with van der Waals surface area (Å²) < 4.78 is 55.2. The lowest BCUT2D eigenvalue weighted by Crippen LogP contribution is -2.45. The summed E-state index contributed by atoms with van der Waals surface area (Å²) in [6.45, 7) is 9.94. The van der Waals surface area contributed by atoms with Crippen LogP contribution in [0.4, 0.5) is 23.1 Å². The lowest BCUT2D eigenvalue weighted by atomic mass is 9.89. The van der Waals surface area contributed by atoms with Gasteiger partial charge in [0, 0.05) is 32.3 Å². The van der Waals surface area contributed by atoms with Crippen molar-refractivity contribution in [2.75, 3.05) is 23.7 Å². The number of nitrogens with one attached hydrogen (secondary N) is 2. The molecule has 2 aromatic heterocycles. The predicted molar refractivity (Wildman–Crippen MR) is 151 cm³/mol. The van der Waals surface area contributed by atoms with Crippen LogP contribution >= 0.6 is 11.6 Å². The number of aryl methyl sites for hydroxylation is 2. The first kappa shape index (κ1) is 29.2. The molecule has 0 bridgehead atoms. The second-order valence-electron chi connectivity index (χ2n) is 9.90. The molecule has 39 heavy (non-hydrogen) atoms. The summed E-state index contributed by atoms with van der Waals surface area (Å²) >= 11 is 4.38. The van der Waals surface area contributed by atoms with Crippen molar-refractivity contribution in [2.45, 2.75) is 56.9 Å². The van der Waals surface area contributed by atoms with Gasteiger partial charge in [-0.15, -0.1) is 0 Å². The maximum Gasteiger partial charge on any atom is 0.234 e. The molecule has 4 rings (SSSR count). The highest BCUT2D eigenvalue weighted by Crippen LogP contribution is 2.38. The summed E-state index contributed by atoms with van der Waals surface area (Å²) in [5.74, 6) is 1.11. The van der Waals surface area contributed by atoms with E-state index in [1.165, 1.54) is 15.2 Å². The van der Waals surface area contributed by atoms with Crippen LogP contribution in [0.3, 0.4) is 0 Å². The normalized spacial score (nSPS) is 15.4. The van der Waals surface area contributed by atoms with Crippen LogP contribution in [0.5, 0.6) is 5.75 Å². The lowest BCUT2D eigenvalue weighted by molar-refractivity contribution is 0.240. The minimum absolute atomic E-state index is 0.0948. The van der Waals surface area contributed by atoms with E-state index < -0.39 is 26.4 Å². The first-order chi connectivity index (χ1) is 18.3. The fraction of sp³-hybridized carbons (Fsp3) is 0.458. The number of hydrogen-bond acceptors (Lipinski definition) is 9. The fourth-order valence-corrected chi connectivity index (χ4v) is 5.96. The third-order valence-electron chi connectivity index (χ3n) is 6.17. The molecule has 1 fully saturated rings. The van der Waals surface area contributed by atoms with Gasteiger partial charge in [-0.3, -0.25) is 9.23 Å². The van der Waals surface area contributed by atoms with Crippen molar-refractivity contribution in [3.05, 3.63) is 40.7 Å². The Morgan fingerprint density at radius 1 is 1.18 bits per heavy atom. The zero-order valence-corrected chi connectivity index (χ0v) is 24.9. The van der Waals surface area contributed by atoms with Crippen LogP contribution in [0.2, 0.25) is 5.02 Å². The van der Waals surface area contributed by atoms with Gasteiger partial charge in [0.05, 0.1) is 28.9 Å². The number of ether oxygens (including phenoxy) is 1. The topological polar surface area (TPSA) is 152 Å². The number of aromatic nitrogens is 4. The third-order valence-corrected chi connectivity index (χ3v) is 9.27. The van der Waals surface area contributed by atoms with Crippen molar-refractivity contribution >= 4 is 55.8 Å². The Hall–Kier alpha value is -2.78. The second-order valence-corrected chi connectivity index (χ2v) is 13.7. The number of benzene rings is 1. The third kappa shape index (κ3) is 6.35. The van der Waals surface area contributed by atoms with Gasteiger partial charge >= 0.3 is 0 Å². The molecule has 0 spiro atoms. The Morgan fingerprint density at radius 3 is 2.49 bits per heavy atom. The Balaban J connectivity index is 1.64. The van der Waals surface area contributed by atoms with Crippen molar-refractivity contribution < 1.29 is 21.9 Å². The zero-order valence-electron chi connectivity index (χ0n) is 22.5. The average Bonchev–Trinajstić information content (AvgIpc) is 3.17. The molecule has 12 nitrogen and oxygen atoms in total. The van der Waals surface area contributed by atoms with Crippen LogP contribution in [-0.4, -0.2) is 65.7 Å². The second kappa shape index (κ2) is 11.4. The maximum atomic E-state index is 12.8. The number of rotatable bonds is 10. The van der Waals surface area contributed by atoms with E-state index in [0.29, 0.717) is 24.5 Å². The molecule has 1 unspecified atom stereocenters. The van der Waals surface area contributed by atoms with Gasteiger partial charge in [-0.25, -0.2) is 17.6 Å². The summed E-state index contributed by atoms with van der Waals surface area (Å²) in [5.41, 5.74) is 2.89. The van der Waals surface area contributed by atoms with E-state index >= 15 is 0 Å². The summed E-state index contributed by atoms with van der Waals surface area (Å²) in [6, 6.07) is 3.86. The van der Waals surface area contributed by atoms with Gasteiger partial charge in [-0.1, -0.05) is 11.6 Å². The molecule has 1 aliphatic heterocycles. The number of nitrogens with zero attached hydrogens (tertiary/aromatic N) is 5. The predicted octanol–water partition coefficient (Wildman–Crippen LogP) is 4.16. The molecule has 3 heterocycles. The molecule has 3 aromatic rings. The van der Waals surface area contributed by atoms with Crippen molar-refractivity contribution in [3.8, 4) is 5.75 Å². The molecular formula is C24H32ClN7O5S2. The van der Waals surface area contributed by atoms with E-state index in [4.69, 9.17) is 16.3 Å². The molecule has 15 heteroatoms. The lowest BCUT2D eigenvalue weighted by Gasteiger charge is -2.37. The molecule has 3 N–H and O–H groups in total. The van der Waals surface area contributed by atoms with Crippen molar-refractivity contribution in [1.29, 1.82) is 0 Å². The molecule has 1 aliphatic rings. The van der Waals surface area contributed by atoms with Gasteiger partial charge in [0.25, 0.3) is 0 Å². The summed E-state index contributed by atoms with van der Waals surface area (Å²) in [6.07, 6.45) is 2.85. The quantitative estimate of drug-likeness (QED) is 0.290. The number of halogens is 1. The Bertz CT molecular complexity index is 1500. The minimum atomic E-state index is -3.66. The Kier molecular flexibility index (Phi) is 8.52. The zero-order chi connectivity index (χ0) is 28.6. The van der Waals surface area contributed by atoms with Gasteiger partial charge < -0.3 is 15.4 Å². The van der Waals surface area contributed by atoms with Crippen LogP contribution in [0, 0.1) is 6.92 Å². The van der Waals surface area contributed by atoms with Gasteiger partial charge in [-0.05, 0) is 57.9 Å². The molecule has 0 aliphatic carbocycles. The van der Waals surface area contributed by atoms with Crippen molar-refractivity contribution in [3.63, 3.8) is 0 Å². The van der Waals surface area contributed by atoms with E-state index in [-0.39, 0.29) is 39.5 Å². The number of anilines is 4. The van der Waals surface area contributed by atoms with Crippen LogP contribution < -0.4 is 15.4 Å². The van der Waals surface area contributed by atoms with Gasteiger partial charge in [0.15, 0.2) is 5.82 Å². The number of sulfone groups is 1. The minimum Gasteiger partial charge on any atom is -0.489 e. The largest absolute Gasteiger partial charge is 0.489 e. The summed E-state index contributed by atoms with van der Waals surface area (Å²) in [4.78, 5) is 8.77. The van der Waals surface area contributed by atoms with Gasteiger partial charge in [0.2, 0.25) is 32.1 Å². The monoisotopic (exact) mass is 597 g/mol. The van der Waals surface area contributed by atoms with Gasteiger partial charge in [0.1, 0.15) is 10.8 Å². The molecular weight excluding hydrogens is 566 g/mol. The summed E-state index contributed by atoms with van der Waals surface area (Å²) in [5, 5.41) is 9.75. The SMILES string of the molecule is Cc1cc(Nc2ncc(Cl)c(Nc3cn(C)nc3S(=O)(=O)C(C)C)n2)c(OC(C)C)cc1C1CN(S(=O)O)C1. The van der Waals surface area contributed by atoms with Crippen LogP contribution in [0.1, 0.15) is 44.7 Å². The highest BCUT2D eigenvalue weighted by molar-refractivity contribution is 7.92. The first-order valence-electron chi connectivity index (χ1n) is 12.3. The highest BCUT2D eigenvalue weighted by Gasteiger charge is 2.33. The summed E-state index contributed by atoms with van der Waals surface area (Å²) in [7, 11) is -2.03. The maximum absolute atomic E-state index is 12.8. The van der Waals surface area contributed by atoms with Crippen LogP contribution in [0.15, 0.2) is 29.6 Å². The average molecular weight is 598 g/mol. The molecule has 0 amide bonds. The van der Waals surface area contributed by atoms with Gasteiger partial charge in [-0.2, -0.15) is 14.4 Å². The van der Waals surface area contributed by atoms with E-state index in [1.807, 2.05) is 32.9 Å². The Morgan fingerprint density at radius 2 is 1.87 bits per heavy atom. The molecule has 0 saturated carbocycles. The molecule has 0 radical (unpaired) electrons. The molecule has 1 saturated heterocycles. The van der Waals surface area contributed by atoms with E-state index in [1.54, 1.807) is 27.1 Å². The highest BCUT2D eigenvalue weighted by atomic mass is 35.5. The first-order valence-corrected chi connectivity index (χ1v) is 15.3.